The zero-order valence-corrected chi connectivity index (χ0v) is 17.7. The van der Waals surface area contributed by atoms with Crippen LogP contribution in [-0.4, -0.2) is 64.3 Å². The molecule has 10 heteroatoms. The van der Waals surface area contributed by atoms with Crippen LogP contribution in [0, 0.1) is 6.92 Å². The zero-order valence-electron chi connectivity index (χ0n) is 16.9. The van der Waals surface area contributed by atoms with Crippen LogP contribution in [0.2, 0.25) is 0 Å². The van der Waals surface area contributed by atoms with Gasteiger partial charge in [0, 0.05) is 45.5 Å². The first-order valence-electron chi connectivity index (χ1n) is 9.75. The molecule has 0 aliphatic carbocycles. The summed E-state index contributed by atoms with van der Waals surface area (Å²) in [7, 11) is 0. The number of aryl methyl sites for hydroxylation is 1. The summed E-state index contributed by atoms with van der Waals surface area (Å²) in [5.74, 6) is 2.35. The summed E-state index contributed by atoms with van der Waals surface area (Å²) in [6.07, 6.45) is 3.46. The molecule has 4 rings (SSSR count). The van der Waals surface area contributed by atoms with E-state index in [0.717, 1.165) is 5.76 Å². The molecule has 1 unspecified atom stereocenters. The van der Waals surface area contributed by atoms with Gasteiger partial charge in [-0.3, -0.25) is 14.5 Å². The van der Waals surface area contributed by atoms with Crippen molar-refractivity contribution in [1.29, 1.82) is 0 Å². The van der Waals surface area contributed by atoms with Crippen LogP contribution in [0.15, 0.2) is 40.4 Å². The lowest BCUT2D eigenvalue weighted by molar-refractivity contribution is -0.130. The predicted molar refractivity (Wildman–Crippen MR) is 113 cm³/mol. The fourth-order valence-corrected chi connectivity index (χ4v) is 4.41. The number of hydrogen-bond acceptors (Lipinski definition) is 8. The molecule has 1 saturated heterocycles. The van der Waals surface area contributed by atoms with Crippen LogP contribution in [-0.2, 0) is 14.5 Å². The minimum absolute atomic E-state index is 0.0705. The maximum atomic E-state index is 12.5. The topological polar surface area (TPSA) is 104 Å². The summed E-state index contributed by atoms with van der Waals surface area (Å²) in [5.41, 5.74) is 0. The van der Waals surface area contributed by atoms with Crippen LogP contribution in [0.1, 0.15) is 24.3 Å². The minimum Gasteiger partial charge on any atom is -0.462 e. The first-order chi connectivity index (χ1) is 14.5. The third-order valence-electron chi connectivity index (χ3n) is 5.11. The van der Waals surface area contributed by atoms with E-state index in [0.29, 0.717) is 43.6 Å². The Labute approximate surface area is 178 Å². The van der Waals surface area contributed by atoms with E-state index in [2.05, 4.69) is 20.6 Å². The van der Waals surface area contributed by atoms with Crippen molar-refractivity contribution in [3.05, 3.63) is 53.3 Å². The molecule has 0 bridgehead atoms. The first kappa shape index (κ1) is 20.4. The van der Waals surface area contributed by atoms with Crippen molar-refractivity contribution >= 4 is 29.4 Å². The van der Waals surface area contributed by atoms with Crippen molar-refractivity contribution in [1.82, 2.24) is 25.1 Å². The van der Waals surface area contributed by atoms with Gasteiger partial charge in [-0.1, -0.05) is 11.8 Å². The highest BCUT2D eigenvalue weighted by molar-refractivity contribution is 8.03. The normalized spacial score (nSPS) is 21.5. The fourth-order valence-electron chi connectivity index (χ4n) is 3.51. The van der Waals surface area contributed by atoms with Gasteiger partial charge < -0.3 is 20.0 Å². The van der Waals surface area contributed by atoms with Crippen LogP contribution in [0.5, 0.6) is 0 Å². The fraction of sp³-hybridized carbons (Fsp3) is 0.400. The van der Waals surface area contributed by atoms with Crippen molar-refractivity contribution in [3.63, 3.8) is 0 Å². The van der Waals surface area contributed by atoms with E-state index in [-0.39, 0.29) is 18.4 Å². The van der Waals surface area contributed by atoms with Crippen LogP contribution in [0.25, 0.3) is 0 Å². The predicted octanol–water partition coefficient (Wildman–Crippen LogP) is 1.49. The van der Waals surface area contributed by atoms with E-state index in [1.165, 1.54) is 11.8 Å². The third-order valence-corrected chi connectivity index (χ3v) is 6.24. The maximum absolute atomic E-state index is 12.5. The lowest BCUT2D eigenvalue weighted by Gasteiger charge is -2.33. The second-order valence-electron chi connectivity index (χ2n) is 7.25. The highest BCUT2D eigenvalue weighted by Crippen LogP contribution is 2.43. The number of anilines is 1. The van der Waals surface area contributed by atoms with Crippen LogP contribution in [0.3, 0.4) is 0 Å². The Balaban J connectivity index is 1.43. The van der Waals surface area contributed by atoms with Crippen molar-refractivity contribution in [2.75, 3.05) is 38.0 Å². The van der Waals surface area contributed by atoms with Crippen molar-refractivity contribution in [3.8, 4) is 0 Å². The van der Waals surface area contributed by atoms with Gasteiger partial charge in [-0.2, -0.15) is 0 Å². The number of aromatic nitrogens is 2. The van der Waals surface area contributed by atoms with E-state index in [1.807, 2.05) is 35.6 Å². The largest absolute Gasteiger partial charge is 0.462 e. The van der Waals surface area contributed by atoms with Crippen LogP contribution >= 0.6 is 11.8 Å². The summed E-state index contributed by atoms with van der Waals surface area (Å²) >= 11 is 1.50. The molecule has 0 saturated carbocycles. The Bertz CT molecular complexity index is 959. The number of amides is 2. The number of carbonyl (C=O) groups excluding carboxylic acids is 2. The van der Waals surface area contributed by atoms with Crippen molar-refractivity contribution in [2.45, 2.75) is 18.7 Å². The molecule has 0 radical (unpaired) electrons. The SMILES string of the molecule is CC(=O)N1CCN(CC(=O)Nc2ccnc(C3(c4ccc(C)o4)NC=CS3)n2)CC1. The second kappa shape index (κ2) is 8.49. The maximum Gasteiger partial charge on any atom is 0.239 e. The molecule has 30 heavy (non-hydrogen) atoms. The molecule has 4 heterocycles. The van der Waals surface area contributed by atoms with Gasteiger partial charge in [-0.05, 0) is 30.5 Å². The quantitative estimate of drug-likeness (QED) is 0.738. The van der Waals surface area contributed by atoms with Crippen molar-refractivity contribution in [2.24, 2.45) is 0 Å². The molecule has 0 spiro atoms. The van der Waals surface area contributed by atoms with Gasteiger partial charge in [-0.25, -0.2) is 9.97 Å². The standard InChI is InChI=1S/C20H24N6O3S/c1-14-3-4-16(29-14)20(22-7-12-30-20)19-21-6-5-17(24-19)23-18(28)13-25-8-10-26(11-9-25)15(2)27/h3-7,12,22H,8-11,13H2,1-2H3,(H,21,23,24,28). The van der Waals surface area contributed by atoms with Gasteiger partial charge >= 0.3 is 0 Å². The molecule has 2 N–H and O–H groups in total. The van der Waals surface area contributed by atoms with E-state index in [4.69, 9.17) is 4.42 Å². The smallest absolute Gasteiger partial charge is 0.239 e. The number of nitrogens with zero attached hydrogens (tertiary/aromatic N) is 4. The van der Waals surface area contributed by atoms with Crippen molar-refractivity contribution < 1.29 is 14.0 Å². The average Bonchev–Trinajstić information content (AvgIpc) is 3.38. The Morgan fingerprint density at radius 2 is 2.07 bits per heavy atom. The van der Waals surface area contributed by atoms with E-state index < -0.39 is 4.87 Å². The number of piperazine rings is 1. The molecule has 1 fully saturated rings. The van der Waals surface area contributed by atoms with Crippen LogP contribution in [0.4, 0.5) is 5.82 Å². The number of carbonyl (C=O) groups is 2. The number of furan rings is 1. The molecule has 2 aliphatic rings. The van der Waals surface area contributed by atoms with E-state index >= 15 is 0 Å². The molecule has 1 atom stereocenters. The van der Waals surface area contributed by atoms with E-state index in [9.17, 15) is 9.59 Å². The summed E-state index contributed by atoms with van der Waals surface area (Å²) in [6.45, 7) is 6.34. The molecule has 158 valence electrons. The molecule has 2 aromatic heterocycles. The number of rotatable bonds is 5. The molecule has 2 amide bonds. The Morgan fingerprint density at radius 1 is 1.27 bits per heavy atom. The highest BCUT2D eigenvalue weighted by Gasteiger charge is 2.42. The molecular formula is C20H24N6O3S. The highest BCUT2D eigenvalue weighted by atomic mass is 32.2. The molecule has 0 aromatic carbocycles. The van der Waals surface area contributed by atoms with Gasteiger partial charge in [0.15, 0.2) is 5.82 Å². The lowest BCUT2D eigenvalue weighted by atomic mass is 10.2. The summed E-state index contributed by atoms with van der Waals surface area (Å²) in [5, 5.41) is 8.07. The molecule has 2 aliphatic heterocycles. The summed E-state index contributed by atoms with van der Waals surface area (Å²) in [6, 6.07) is 5.47. The minimum atomic E-state index is -0.766. The van der Waals surface area contributed by atoms with Gasteiger partial charge in [0.2, 0.25) is 16.7 Å². The Hall–Kier alpha value is -2.85. The zero-order chi connectivity index (χ0) is 21.1. The molecule has 2 aromatic rings. The van der Waals surface area contributed by atoms with Crippen LogP contribution < -0.4 is 10.6 Å². The monoisotopic (exact) mass is 428 g/mol. The Kier molecular flexibility index (Phi) is 5.78. The van der Waals surface area contributed by atoms with Gasteiger partial charge in [0.1, 0.15) is 17.3 Å². The summed E-state index contributed by atoms with van der Waals surface area (Å²) < 4.78 is 5.85. The molecule has 9 nitrogen and oxygen atoms in total. The van der Waals surface area contributed by atoms with E-state index in [1.54, 1.807) is 24.1 Å². The van der Waals surface area contributed by atoms with Gasteiger partial charge in [-0.15, -0.1) is 0 Å². The molecular weight excluding hydrogens is 404 g/mol. The Morgan fingerprint density at radius 3 is 2.70 bits per heavy atom. The number of hydrogen-bond donors (Lipinski definition) is 2. The second-order valence-corrected chi connectivity index (χ2v) is 8.37. The third kappa shape index (κ3) is 4.19. The number of thioether (sulfide) groups is 1. The summed E-state index contributed by atoms with van der Waals surface area (Å²) in [4.78, 5) is 36.0. The first-order valence-corrected chi connectivity index (χ1v) is 10.6. The average molecular weight is 429 g/mol. The number of nitrogens with one attached hydrogen (secondary N) is 2. The van der Waals surface area contributed by atoms with Gasteiger partial charge in [0.05, 0.1) is 6.54 Å². The van der Waals surface area contributed by atoms with Gasteiger partial charge in [0.25, 0.3) is 0 Å². The lowest BCUT2D eigenvalue weighted by Crippen LogP contribution is -2.49.